The fourth-order valence-electron chi connectivity index (χ4n) is 1.61. The molecule has 0 bridgehead atoms. The molecule has 0 spiro atoms. The summed E-state index contributed by atoms with van der Waals surface area (Å²) in [5, 5.41) is 6.27. The second-order valence-corrected chi connectivity index (χ2v) is 4.52. The molecule has 0 saturated heterocycles. The minimum atomic E-state index is -0.462. The number of likely N-dealkylation sites (N-methyl/N-ethyl adjacent to an activating group) is 1. The summed E-state index contributed by atoms with van der Waals surface area (Å²) in [4.78, 5) is 11.9. The van der Waals surface area contributed by atoms with E-state index in [1.807, 2.05) is 20.8 Å². The SMILES string of the molecule is CCCC(CC)NC(=O)C(C)(C)NCC. The Bertz CT molecular complexity index is 190. The van der Waals surface area contributed by atoms with Gasteiger partial charge < -0.3 is 10.6 Å². The summed E-state index contributed by atoms with van der Waals surface area (Å²) in [5.41, 5.74) is -0.462. The fourth-order valence-corrected chi connectivity index (χ4v) is 1.61. The molecule has 0 radical (unpaired) electrons. The van der Waals surface area contributed by atoms with E-state index in [0.29, 0.717) is 6.04 Å². The van der Waals surface area contributed by atoms with Crippen molar-refractivity contribution in [1.82, 2.24) is 10.6 Å². The third-order valence-corrected chi connectivity index (χ3v) is 2.65. The second kappa shape index (κ2) is 6.83. The number of amides is 1. The summed E-state index contributed by atoms with van der Waals surface area (Å²) in [7, 11) is 0. The van der Waals surface area contributed by atoms with Gasteiger partial charge in [-0.15, -0.1) is 0 Å². The number of carbonyl (C=O) groups excluding carboxylic acids is 1. The average Bonchev–Trinajstić information content (AvgIpc) is 2.16. The van der Waals surface area contributed by atoms with E-state index in [4.69, 9.17) is 0 Å². The van der Waals surface area contributed by atoms with Crippen molar-refractivity contribution in [2.75, 3.05) is 6.54 Å². The van der Waals surface area contributed by atoms with E-state index in [1.54, 1.807) is 0 Å². The lowest BCUT2D eigenvalue weighted by atomic mass is 10.0. The smallest absolute Gasteiger partial charge is 0.239 e. The van der Waals surface area contributed by atoms with Crippen LogP contribution in [0.2, 0.25) is 0 Å². The highest BCUT2D eigenvalue weighted by Gasteiger charge is 2.27. The summed E-state index contributed by atoms with van der Waals surface area (Å²) in [6.07, 6.45) is 3.17. The Morgan fingerprint density at radius 2 is 1.87 bits per heavy atom. The molecule has 3 heteroatoms. The van der Waals surface area contributed by atoms with Crippen molar-refractivity contribution in [3.63, 3.8) is 0 Å². The quantitative estimate of drug-likeness (QED) is 0.681. The van der Waals surface area contributed by atoms with Crippen molar-refractivity contribution in [1.29, 1.82) is 0 Å². The number of rotatable bonds is 7. The van der Waals surface area contributed by atoms with Gasteiger partial charge >= 0.3 is 0 Å². The molecule has 1 atom stereocenters. The third kappa shape index (κ3) is 5.17. The number of carbonyl (C=O) groups is 1. The molecule has 0 aliphatic carbocycles. The summed E-state index contributed by atoms with van der Waals surface area (Å²) >= 11 is 0. The van der Waals surface area contributed by atoms with Crippen LogP contribution in [0.15, 0.2) is 0 Å². The number of hydrogen-bond acceptors (Lipinski definition) is 2. The highest BCUT2D eigenvalue weighted by molar-refractivity contribution is 5.85. The molecule has 0 aromatic carbocycles. The van der Waals surface area contributed by atoms with Crippen LogP contribution >= 0.6 is 0 Å². The lowest BCUT2D eigenvalue weighted by Crippen LogP contribution is -2.54. The predicted octanol–water partition coefficient (Wildman–Crippen LogP) is 2.07. The highest BCUT2D eigenvalue weighted by atomic mass is 16.2. The maximum atomic E-state index is 11.9. The number of nitrogens with one attached hydrogen (secondary N) is 2. The lowest BCUT2D eigenvalue weighted by molar-refractivity contribution is -0.127. The van der Waals surface area contributed by atoms with Gasteiger partial charge in [0.1, 0.15) is 0 Å². The first-order valence-corrected chi connectivity index (χ1v) is 6.03. The van der Waals surface area contributed by atoms with Crippen LogP contribution in [0.25, 0.3) is 0 Å². The van der Waals surface area contributed by atoms with Gasteiger partial charge in [0.2, 0.25) is 5.91 Å². The van der Waals surface area contributed by atoms with Crippen molar-refractivity contribution in [2.24, 2.45) is 0 Å². The number of hydrogen-bond donors (Lipinski definition) is 2. The van der Waals surface area contributed by atoms with Crippen molar-refractivity contribution < 1.29 is 4.79 Å². The van der Waals surface area contributed by atoms with Crippen molar-refractivity contribution in [3.8, 4) is 0 Å². The van der Waals surface area contributed by atoms with Crippen LogP contribution in [-0.2, 0) is 4.79 Å². The van der Waals surface area contributed by atoms with E-state index < -0.39 is 5.54 Å². The molecule has 0 fully saturated rings. The van der Waals surface area contributed by atoms with Gasteiger partial charge in [-0.2, -0.15) is 0 Å². The molecule has 2 N–H and O–H groups in total. The molecular formula is C12H26N2O. The Morgan fingerprint density at radius 3 is 2.27 bits per heavy atom. The summed E-state index contributed by atoms with van der Waals surface area (Å²) in [6, 6.07) is 0.320. The molecule has 0 aliphatic rings. The van der Waals surface area contributed by atoms with Crippen LogP contribution in [0.3, 0.4) is 0 Å². The first-order valence-electron chi connectivity index (χ1n) is 6.03. The molecule has 3 nitrogen and oxygen atoms in total. The van der Waals surface area contributed by atoms with Crippen molar-refractivity contribution in [2.45, 2.75) is 65.5 Å². The normalized spacial score (nSPS) is 13.7. The minimum Gasteiger partial charge on any atom is -0.352 e. The maximum Gasteiger partial charge on any atom is 0.239 e. The zero-order valence-electron chi connectivity index (χ0n) is 10.8. The Balaban J connectivity index is 4.20. The standard InChI is InChI=1S/C12H26N2O/c1-6-9-10(7-2)14-11(15)12(4,5)13-8-3/h10,13H,6-9H2,1-5H3,(H,14,15). The van der Waals surface area contributed by atoms with Crippen LogP contribution < -0.4 is 10.6 Å². The molecule has 0 heterocycles. The first-order chi connectivity index (χ1) is 6.97. The molecular weight excluding hydrogens is 188 g/mol. The summed E-state index contributed by atoms with van der Waals surface area (Å²) < 4.78 is 0. The third-order valence-electron chi connectivity index (χ3n) is 2.65. The average molecular weight is 214 g/mol. The van der Waals surface area contributed by atoms with E-state index in [9.17, 15) is 4.79 Å². The Kier molecular flexibility index (Phi) is 6.57. The minimum absolute atomic E-state index is 0.102. The van der Waals surface area contributed by atoms with Crippen molar-refractivity contribution in [3.05, 3.63) is 0 Å². The largest absolute Gasteiger partial charge is 0.352 e. The molecule has 0 rings (SSSR count). The highest BCUT2D eigenvalue weighted by Crippen LogP contribution is 2.06. The molecule has 0 aromatic rings. The fraction of sp³-hybridized carbons (Fsp3) is 0.917. The Hall–Kier alpha value is -0.570. The monoisotopic (exact) mass is 214 g/mol. The molecule has 90 valence electrons. The van der Waals surface area contributed by atoms with Gasteiger partial charge in [-0.05, 0) is 33.2 Å². The van der Waals surface area contributed by atoms with Crippen LogP contribution in [0.5, 0.6) is 0 Å². The van der Waals surface area contributed by atoms with Crippen LogP contribution in [-0.4, -0.2) is 24.0 Å². The lowest BCUT2D eigenvalue weighted by Gasteiger charge is -2.27. The molecule has 1 amide bonds. The van der Waals surface area contributed by atoms with E-state index in [2.05, 4.69) is 24.5 Å². The van der Waals surface area contributed by atoms with Gasteiger partial charge in [-0.3, -0.25) is 4.79 Å². The first kappa shape index (κ1) is 14.4. The topological polar surface area (TPSA) is 41.1 Å². The van der Waals surface area contributed by atoms with Gasteiger partial charge in [0.15, 0.2) is 0 Å². The molecule has 1 unspecified atom stereocenters. The summed E-state index contributed by atoms with van der Waals surface area (Å²) in [6.45, 7) is 10.9. The zero-order valence-corrected chi connectivity index (χ0v) is 10.8. The van der Waals surface area contributed by atoms with Crippen molar-refractivity contribution >= 4 is 5.91 Å². The Labute approximate surface area is 94.0 Å². The second-order valence-electron chi connectivity index (χ2n) is 4.52. The van der Waals surface area contributed by atoms with Gasteiger partial charge in [-0.1, -0.05) is 27.2 Å². The van der Waals surface area contributed by atoms with Gasteiger partial charge in [0.25, 0.3) is 0 Å². The Morgan fingerprint density at radius 1 is 1.27 bits per heavy atom. The molecule has 0 aliphatic heterocycles. The van der Waals surface area contributed by atoms with E-state index in [-0.39, 0.29) is 5.91 Å². The van der Waals surface area contributed by atoms with E-state index >= 15 is 0 Å². The van der Waals surface area contributed by atoms with E-state index in [0.717, 1.165) is 25.8 Å². The van der Waals surface area contributed by atoms with E-state index in [1.165, 1.54) is 0 Å². The van der Waals surface area contributed by atoms with Gasteiger partial charge in [0, 0.05) is 6.04 Å². The van der Waals surface area contributed by atoms with Gasteiger partial charge in [-0.25, -0.2) is 0 Å². The summed E-state index contributed by atoms with van der Waals surface area (Å²) in [5.74, 6) is 0.102. The predicted molar refractivity (Wildman–Crippen MR) is 64.9 cm³/mol. The van der Waals surface area contributed by atoms with Crippen LogP contribution in [0.4, 0.5) is 0 Å². The molecule has 0 aromatic heterocycles. The molecule has 0 saturated carbocycles. The molecule has 15 heavy (non-hydrogen) atoms. The maximum absolute atomic E-state index is 11.9. The van der Waals surface area contributed by atoms with Crippen LogP contribution in [0, 0.1) is 0 Å². The zero-order chi connectivity index (χ0) is 11.9. The van der Waals surface area contributed by atoms with Crippen LogP contribution in [0.1, 0.15) is 53.9 Å². The van der Waals surface area contributed by atoms with Gasteiger partial charge in [0.05, 0.1) is 5.54 Å².